The summed E-state index contributed by atoms with van der Waals surface area (Å²) in [6.45, 7) is -0.416. The Morgan fingerprint density at radius 3 is 2.55 bits per heavy atom. The normalized spacial score (nSPS) is 16.6. The molecule has 7 nitrogen and oxygen atoms in total. The van der Waals surface area contributed by atoms with E-state index in [1.165, 1.54) is 36.5 Å². The fraction of sp³-hybridized carbons (Fsp3) is 0.0769. The third-order valence-electron chi connectivity index (χ3n) is 3.12. The number of anilines is 1. The van der Waals surface area contributed by atoms with Gasteiger partial charge in [-0.05, 0) is 29.8 Å². The summed E-state index contributed by atoms with van der Waals surface area (Å²) >= 11 is 0. The number of pyridine rings is 1. The van der Waals surface area contributed by atoms with Crippen LogP contribution in [-0.2, 0) is 15.0 Å². The van der Waals surface area contributed by atoms with Crippen LogP contribution in [0.1, 0.15) is 0 Å². The summed E-state index contributed by atoms with van der Waals surface area (Å²) in [6.07, 6.45) is 1.29. The number of hydrogen-bond donors (Lipinski definition) is 2. The average molecular weight is 323 g/mol. The maximum absolute atomic E-state index is 12.9. The van der Waals surface area contributed by atoms with Crippen LogP contribution >= 0.6 is 0 Å². The lowest BCUT2D eigenvalue weighted by molar-refractivity contribution is -0.117. The molecular formula is C13H10FN3O4S. The summed E-state index contributed by atoms with van der Waals surface area (Å²) in [6, 6.07) is 6.86. The van der Waals surface area contributed by atoms with Crippen LogP contribution in [0.4, 0.5) is 10.1 Å². The quantitative estimate of drug-likeness (QED) is 0.796. The van der Waals surface area contributed by atoms with Crippen LogP contribution in [0.25, 0.3) is 11.1 Å². The topological polar surface area (TPSA) is 99.6 Å². The van der Waals surface area contributed by atoms with Gasteiger partial charge in [0.1, 0.15) is 12.3 Å². The van der Waals surface area contributed by atoms with E-state index in [9.17, 15) is 22.7 Å². The number of aromatic nitrogens is 1. The third-order valence-corrected chi connectivity index (χ3v) is 4.52. The number of hydrogen-bond acceptors (Lipinski definition) is 5. The molecule has 0 radical (unpaired) electrons. The number of benzene rings is 1. The molecule has 2 aromatic rings. The van der Waals surface area contributed by atoms with E-state index in [1.54, 1.807) is 0 Å². The maximum Gasteiger partial charge on any atom is 0.326 e. The van der Waals surface area contributed by atoms with Gasteiger partial charge in [-0.25, -0.2) is 14.0 Å². The highest BCUT2D eigenvalue weighted by molar-refractivity contribution is 7.92. The van der Waals surface area contributed by atoms with Gasteiger partial charge in [0.05, 0.1) is 5.69 Å². The number of nitrogens with zero attached hydrogens (tertiary/aromatic N) is 2. The molecule has 2 N–H and O–H groups in total. The lowest BCUT2D eigenvalue weighted by Crippen LogP contribution is -2.29. The minimum absolute atomic E-state index is 0.0415. The predicted molar refractivity (Wildman–Crippen MR) is 75.7 cm³/mol. The van der Waals surface area contributed by atoms with Gasteiger partial charge in [0.15, 0.2) is 0 Å². The van der Waals surface area contributed by atoms with E-state index < -0.39 is 28.6 Å². The molecule has 0 unspecified atom stereocenters. The Morgan fingerprint density at radius 1 is 1.23 bits per heavy atom. The Morgan fingerprint density at radius 2 is 1.95 bits per heavy atom. The summed E-state index contributed by atoms with van der Waals surface area (Å²) < 4.78 is 39.1. The summed E-state index contributed by atoms with van der Waals surface area (Å²) in [5.41, 5.74) is 1.02. The number of aromatic hydroxyl groups is 1. The van der Waals surface area contributed by atoms with E-state index in [-0.39, 0.29) is 11.4 Å². The van der Waals surface area contributed by atoms with Gasteiger partial charge in [0.2, 0.25) is 5.95 Å². The fourth-order valence-corrected chi connectivity index (χ4v) is 3.27. The number of amides is 1. The zero-order valence-electron chi connectivity index (χ0n) is 11.0. The van der Waals surface area contributed by atoms with Gasteiger partial charge in [-0.1, -0.05) is 6.07 Å². The zero-order chi connectivity index (χ0) is 15.9. The molecule has 9 heteroatoms. The second-order valence-electron chi connectivity index (χ2n) is 4.61. The van der Waals surface area contributed by atoms with Crippen molar-refractivity contribution >= 4 is 21.8 Å². The first-order chi connectivity index (χ1) is 10.4. The molecule has 0 atom stereocenters. The molecule has 1 aliphatic rings. The predicted octanol–water partition coefficient (Wildman–Crippen LogP) is 0.774. The van der Waals surface area contributed by atoms with Crippen molar-refractivity contribution in [3.8, 4) is 16.9 Å². The maximum atomic E-state index is 12.9. The van der Waals surface area contributed by atoms with E-state index in [0.717, 1.165) is 4.31 Å². The number of carbonyl (C=O) groups is 1. The highest BCUT2D eigenvalue weighted by Gasteiger charge is 2.35. The van der Waals surface area contributed by atoms with Crippen LogP contribution in [0.2, 0.25) is 0 Å². The second kappa shape index (κ2) is 4.95. The van der Waals surface area contributed by atoms with Crippen LogP contribution in [-0.4, -0.2) is 31.0 Å². The number of phenols is 1. The first-order valence-corrected chi connectivity index (χ1v) is 7.59. The first-order valence-electron chi connectivity index (χ1n) is 6.15. The Bertz CT molecular complexity index is 852. The lowest BCUT2D eigenvalue weighted by atomic mass is 10.1. The molecule has 2 heterocycles. The molecule has 1 aliphatic heterocycles. The Labute approximate surface area is 125 Å². The standard InChI is InChI=1S/C13H10FN3O4S/c14-12-4-2-9(6-15-12)8-1-3-11(18)10(5-8)17-7-13(19)16-22(17,20)21/h1-6,18H,7H2,(H,16,19). The molecule has 1 aromatic carbocycles. The molecule has 1 fully saturated rings. The smallest absolute Gasteiger partial charge is 0.326 e. The number of phenolic OH excluding ortho intramolecular Hbond substituents is 1. The molecule has 0 bridgehead atoms. The van der Waals surface area contributed by atoms with E-state index in [4.69, 9.17) is 0 Å². The van der Waals surface area contributed by atoms with E-state index in [2.05, 4.69) is 4.98 Å². The summed E-state index contributed by atoms with van der Waals surface area (Å²) in [5, 5.41) is 9.88. The van der Waals surface area contributed by atoms with Crippen LogP contribution in [0.15, 0.2) is 36.5 Å². The van der Waals surface area contributed by atoms with Crippen LogP contribution < -0.4 is 9.03 Å². The number of nitrogens with one attached hydrogen (secondary N) is 1. The molecular weight excluding hydrogens is 313 g/mol. The average Bonchev–Trinajstić information content (AvgIpc) is 2.73. The third kappa shape index (κ3) is 2.46. The van der Waals surface area contributed by atoms with Crippen LogP contribution in [0.3, 0.4) is 0 Å². The molecule has 1 amide bonds. The minimum atomic E-state index is -4.02. The Balaban J connectivity index is 2.08. The Hall–Kier alpha value is -2.68. The number of rotatable bonds is 2. The highest BCUT2D eigenvalue weighted by atomic mass is 32.2. The van der Waals surface area contributed by atoms with Gasteiger partial charge in [-0.15, -0.1) is 0 Å². The Kier molecular flexibility index (Phi) is 3.21. The summed E-state index contributed by atoms with van der Waals surface area (Å²) in [5.74, 6) is -1.62. The van der Waals surface area contributed by atoms with Crippen molar-refractivity contribution < 1.29 is 22.7 Å². The molecule has 1 saturated heterocycles. The van der Waals surface area contributed by atoms with Crippen molar-refractivity contribution in [2.24, 2.45) is 0 Å². The number of carbonyl (C=O) groups excluding carboxylic acids is 1. The largest absolute Gasteiger partial charge is 0.506 e. The van der Waals surface area contributed by atoms with Crippen molar-refractivity contribution in [2.45, 2.75) is 0 Å². The lowest BCUT2D eigenvalue weighted by Gasteiger charge is -2.17. The van der Waals surface area contributed by atoms with Gasteiger partial charge in [-0.2, -0.15) is 12.8 Å². The van der Waals surface area contributed by atoms with E-state index >= 15 is 0 Å². The molecule has 22 heavy (non-hydrogen) atoms. The van der Waals surface area contributed by atoms with E-state index in [1.807, 2.05) is 4.72 Å². The molecule has 0 saturated carbocycles. The fourth-order valence-electron chi connectivity index (χ4n) is 2.11. The van der Waals surface area contributed by atoms with E-state index in [0.29, 0.717) is 11.1 Å². The SMILES string of the molecule is O=C1CN(c2cc(-c3ccc(F)nc3)ccc2O)S(=O)(=O)N1. The van der Waals surface area contributed by atoms with Crippen LogP contribution in [0, 0.1) is 5.95 Å². The summed E-state index contributed by atoms with van der Waals surface area (Å²) in [7, 11) is -4.02. The van der Waals surface area contributed by atoms with Crippen LogP contribution in [0.5, 0.6) is 5.75 Å². The van der Waals surface area contributed by atoms with Gasteiger partial charge in [0.25, 0.3) is 5.91 Å². The van der Waals surface area contributed by atoms with Gasteiger partial charge in [0, 0.05) is 11.8 Å². The van der Waals surface area contributed by atoms with Crippen molar-refractivity contribution in [3.05, 3.63) is 42.5 Å². The molecule has 114 valence electrons. The highest BCUT2D eigenvalue weighted by Crippen LogP contribution is 2.34. The molecule has 1 aromatic heterocycles. The van der Waals surface area contributed by atoms with Gasteiger partial charge in [-0.3, -0.25) is 4.79 Å². The van der Waals surface area contributed by atoms with Crippen molar-refractivity contribution in [1.29, 1.82) is 0 Å². The molecule has 0 aliphatic carbocycles. The minimum Gasteiger partial charge on any atom is -0.506 e. The van der Waals surface area contributed by atoms with Crippen molar-refractivity contribution in [2.75, 3.05) is 10.8 Å². The molecule has 3 rings (SSSR count). The van der Waals surface area contributed by atoms with Gasteiger partial charge >= 0.3 is 10.2 Å². The zero-order valence-corrected chi connectivity index (χ0v) is 11.8. The van der Waals surface area contributed by atoms with Gasteiger partial charge < -0.3 is 5.11 Å². The first kappa shape index (κ1) is 14.3. The van der Waals surface area contributed by atoms with Crippen molar-refractivity contribution in [3.63, 3.8) is 0 Å². The number of halogens is 1. The molecule has 0 spiro atoms. The summed E-state index contributed by atoms with van der Waals surface area (Å²) in [4.78, 5) is 14.8. The monoisotopic (exact) mass is 323 g/mol. The second-order valence-corrected chi connectivity index (χ2v) is 6.21. The van der Waals surface area contributed by atoms with Crippen molar-refractivity contribution in [1.82, 2.24) is 9.71 Å².